The minimum Gasteiger partial charge on any atom is -0.312 e. The van der Waals surface area contributed by atoms with Crippen LogP contribution in [0.3, 0.4) is 0 Å². The van der Waals surface area contributed by atoms with Gasteiger partial charge in [-0.25, -0.2) is 0 Å². The van der Waals surface area contributed by atoms with Crippen molar-refractivity contribution in [2.24, 2.45) is 0 Å². The van der Waals surface area contributed by atoms with Gasteiger partial charge in [-0.2, -0.15) is 0 Å². The van der Waals surface area contributed by atoms with Gasteiger partial charge in [-0.05, 0) is 48.4 Å². The first-order valence-electron chi connectivity index (χ1n) is 8.27. The Balaban J connectivity index is 1.52. The maximum Gasteiger partial charge on any atom is 0.269 e. The number of hydrazine groups is 1. The van der Waals surface area contributed by atoms with Gasteiger partial charge in [0.1, 0.15) is 0 Å². The Labute approximate surface area is 156 Å². The summed E-state index contributed by atoms with van der Waals surface area (Å²) in [5.41, 5.74) is 6.73. The number of hydrogen-bond donors (Lipinski definition) is 2. The van der Waals surface area contributed by atoms with Gasteiger partial charge < -0.3 is 4.90 Å². The zero-order valence-corrected chi connectivity index (χ0v) is 14.8. The first-order valence-corrected chi connectivity index (χ1v) is 8.65. The van der Waals surface area contributed by atoms with Gasteiger partial charge in [-0.3, -0.25) is 25.2 Å². The second-order valence-corrected chi connectivity index (χ2v) is 6.44. The lowest BCUT2D eigenvalue weighted by Crippen LogP contribution is -2.42. The van der Waals surface area contributed by atoms with E-state index in [1.807, 2.05) is 0 Å². The average Bonchev–Trinajstić information content (AvgIpc) is 3.08. The molecule has 6 nitrogen and oxygen atoms in total. The van der Waals surface area contributed by atoms with Crippen LogP contribution < -0.4 is 15.8 Å². The SMILES string of the molecule is O=C(Cc1ccc(Cl)cc1)NNC(=O)c1ccc(N2CCCC2=O)cc1. The van der Waals surface area contributed by atoms with Gasteiger partial charge in [0.2, 0.25) is 11.8 Å². The molecule has 0 aliphatic carbocycles. The Morgan fingerprint density at radius 2 is 1.69 bits per heavy atom. The summed E-state index contributed by atoms with van der Waals surface area (Å²) in [6, 6.07) is 13.6. The van der Waals surface area contributed by atoms with E-state index in [-0.39, 0.29) is 18.2 Å². The summed E-state index contributed by atoms with van der Waals surface area (Å²) in [4.78, 5) is 37.4. The van der Waals surface area contributed by atoms with Crippen molar-refractivity contribution in [2.75, 3.05) is 11.4 Å². The number of halogens is 1. The number of nitrogens with zero attached hydrogens (tertiary/aromatic N) is 1. The van der Waals surface area contributed by atoms with Crippen LogP contribution in [-0.4, -0.2) is 24.3 Å². The summed E-state index contributed by atoms with van der Waals surface area (Å²) < 4.78 is 0. The molecule has 2 aromatic rings. The minimum atomic E-state index is -0.422. The fourth-order valence-corrected chi connectivity index (χ4v) is 2.87. The van der Waals surface area contributed by atoms with Crippen LogP contribution in [0, 0.1) is 0 Å². The number of hydrogen-bond acceptors (Lipinski definition) is 3. The smallest absolute Gasteiger partial charge is 0.269 e. The molecule has 1 fully saturated rings. The van der Waals surface area contributed by atoms with E-state index in [9.17, 15) is 14.4 Å². The summed E-state index contributed by atoms with van der Waals surface area (Å²) >= 11 is 5.80. The molecular weight excluding hydrogens is 354 g/mol. The van der Waals surface area contributed by atoms with E-state index in [0.29, 0.717) is 23.6 Å². The van der Waals surface area contributed by atoms with Crippen molar-refractivity contribution >= 4 is 35.0 Å². The largest absolute Gasteiger partial charge is 0.312 e. The first-order chi connectivity index (χ1) is 12.5. The number of rotatable bonds is 4. The molecule has 3 rings (SSSR count). The highest BCUT2D eigenvalue weighted by atomic mass is 35.5. The van der Waals surface area contributed by atoms with Crippen LogP contribution in [0.2, 0.25) is 5.02 Å². The van der Waals surface area contributed by atoms with Crippen molar-refractivity contribution in [3.05, 3.63) is 64.7 Å². The third-order valence-electron chi connectivity index (χ3n) is 4.11. The maximum absolute atomic E-state index is 12.1. The maximum atomic E-state index is 12.1. The summed E-state index contributed by atoms with van der Waals surface area (Å²) in [6.45, 7) is 0.700. The number of nitrogens with one attached hydrogen (secondary N) is 2. The van der Waals surface area contributed by atoms with E-state index in [2.05, 4.69) is 10.9 Å². The molecule has 2 aromatic carbocycles. The van der Waals surface area contributed by atoms with Crippen LogP contribution in [0.25, 0.3) is 0 Å². The molecule has 1 saturated heterocycles. The number of anilines is 1. The van der Waals surface area contributed by atoms with Crippen LogP contribution >= 0.6 is 11.6 Å². The molecule has 0 aromatic heterocycles. The number of carbonyl (C=O) groups is 3. The zero-order valence-electron chi connectivity index (χ0n) is 14.0. The topological polar surface area (TPSA) is 78.5 Å². The molecule has 7 heteroatoms. The Morgan fingerprint density at radius 3 is 2.31 bits per heavy atom. The normalized spacial score (nSPS) is 13.6. The Kier molecular flexibility index (Phi) is 5.53. The Bertz CT molecular complexity index is 819. The van der Waals surface area contributed by atoms with Gasteiger partial charge >= 0.3 is 0 Å². The molecule has 2 N–H and O–H groups in total. The molecule has 0 atom stereocenters. The van der Waals surface area contributed by atoms with Crippen LogP contribution in [0.1, 0.15) is 28.8 Å². The highest BCUT2D eigenvalue weighted by molar-refractivity contribution is 6.30. The number of amides is 3. The van der Waals surface area contributed by atoms with Crippen LogP contribution in [0.15, 0.2) is 48.5 Å². The monoisotopic (exact) mass is 371 g/mol. The van der Waals surface area contributed by atoms with Crippen LogP contribution in [0.5, 0.6) is 0 Å². The van der Waals surface area contributed by atoms with E-state index in [1.54, 1.807) is 53.4 Å². The third kappa shape index (κ3) is 4.40. The third-order valence-corrected chi connectivity index (χ3v) is 4.36. The second kappa shape index (κ2) is 8.01. The number of benzene rings is 2. The summed E-state index contributed by atoms with van der Waals surface area (Å²) in [7, 11) is 0. The molecule has 134 valence electrons. The molecular formula is C19H18ClN3O3. The van der Waals surface area contributed by atoms with E-state index in [4.69, 9.17) is 11.6 Å². The van der Waals surface area contributed by atoms with Crippen molar-refractivity contribution in [1.29, 1.82) is 0 Å². The second-order valence-electron chi connectivity index (χ2n) is 6.00. The summed E-state index contributed by atoms with van der Waals surface area (Å²) in [5.74, 6) is -0.662. The van der Waals surface area contributed by atoms with E-state index < -0.39 is 5.91 Å². The average molecular weight is 372 g/mol. The van der Waals surface area contributed by atoms with Crippen LogP contribution in [-0.2, 0) is 16.0 Å². The van der Waals surface area contributed by atoms with Gasteiger partial charge in [0.05, 0.1) is 6.42 Å². The highest BCUT2D eigenvalue weighted by Gasteiger charge is 2.21. The molecule has 0 spiro atoms. The molecule has 0 saturated carbocycles. The van der Waals surface area contributed by atoms with Gasteiger partial charge in [0.15, 0.2) is 0 Å². The van der Waals surface area contributed by atoms with Crippen molar-refractivity contribution in [3.8, 4) is 0 Å². The number of carbonyl (C=O) groups excluding carboxylic acids is 3. The fraction of sp³-hybridized carbons (Fsp3) is 0.211. The standard InChI is InChI=1S/C19H18ClN3O3/c20-15-7-3-13(4-8-15)12-17(24)21-22-19(26)14-5-9-16(10-6-14)23-11-1-2-18(23)25/h3-10H,1-2,11-12H2,(H,21,24)(H,22,26). The molecule has 3 amide bonds. The first kappa shape index (κ1) is 17.9. The molecule has 0 bridgehead atoms. The fourth-order valence-electron chi connectivity index (χ4n) is 2.74. The van der Waals surface area contributed by atoms with Gasteiger partial charge in [0.25, 0.3) is 5.91 Å². The predicted molar refractivity (Wildman–Crippen MR) is 98.8 cm³/mol. The molecule has 26 heavy (non-hydrogen) atoms. The van der Waals surface area contributed by atoms with Crippen molar-refractivity contribution in [2.45, 2.75) is 19.3 Å². The van der Waals surface area contributed by atoms with Crippen molar-refractivity contribution < 1.29 is 14.4 Å². The van der Waals surface area contributed by atoms with Gasteiger partial charge in [-0.15, -0.1) is 0 Å². The quantitative estimate of drug-likeness (QED) is 0.810. The zero-order chi connectivity index (χ0) is 18.5. The predicted octanol–water partition coefficient (Wildman–Crippen LogP) is 2.47. The molecule has 1 heterocycles. The van der Waals surface area contributed by atoms with Crippen molar-refractivity contribution in [1.82, 2.24) is 10.9 Å². The van der Waals surface area contributed by atoms with Gasteiger partial charge in [-0.1, -0.05) is 23.7 Å². The van der Waals surface area contributed by atoms with E-state index >= 15 is 0 Å². The van der Waals surface area contributed by atoms with E-state index in [1.165, 1.54) is 0 Å². The molecule has 0 unspecified atom stereocenters. The molecule has 1 aliphatic rings. The minimum absolute atomic E-state index is 0.0941. The molecule has 1 aliphatic heterocycles. The highest BCUT2D eigenvalue weighted by Crippen LogP contribution is 2.21. The van der Waals surface area contributed by atoms with Crippen molar-refractivity contribution in [3.63, 3.8) is 0 Å². The Morgan fingerprint density at radius 1 is 1.00 bits per heavy atom. The molecule has 0 radical (unpaired) electrons. The lowest BCUT2D eigenvalue weighted by atomic mass is 10.1. The lowest BCUT2D eigenvalue weighted by molar-refractivity contribution is -0.121. The van der Waals surface area contributed by atoms with Gasteiger partial charge in [0, 0.05) is 29.2 Å². The summed E-state index contributed by atoms with van der Waals surface area (Å²) in [5, 5.41) is 0.599. The summed E-state index contributed by atoms with van der Waals surface area (Å²) in [6.07, 6.45) is 1.54. The van der Waals surface area contributed by atoms with Crippen LogP contribution in [0.4, 0.5) is 5.69 Å². The Hall–Kier alpha value is -2.86. The lowest BCUT2D eigenvalue weighted by Gasteiger charge is -2.15. The van der Waals surface area contributed by atoms with E-state index in [0.717, 1.165) is 17.7 Å².